The Kier molecular flexibility index (Phi) is 8.46. The number of hydrogen-bond donors (Lipinski definition) is 2. The van der Waals surface area contributed by atoms with E-state index < -0.39 is 18.2 Å². The minimum atomic E-state index is -0.927. The van der Waals surface area contributed by atoms with Crippen molar-refractivity contribution >= 4 is 11.8 Å². The van der Waals surface area contributed by atoms with E-state index in [1.807, 2.05) is 30.9 Å². The first-order valence-electron chi connectivity index (χ1n) is 14.4. The van der Waals surface area contributed by atoms with Crippen molar-refractivity contribution in [3.05, 3.63) is 46.9 Å². The van der Waals surface area contributed by atoms with Gasteiger partial charge in [-0.05, 0) is 77.8 Å². The highest BCUT2D eigenvalue weighted by Crippen LogP contribution is 2.43. The van der Waals surface area contributed by atoms with Crippen molar-refractivity contribution in [2.75, 3.05) is 25.0 Å². The lowest BCUT2D eigenvalue weighted by molar-refractivity contribution is -0.143. The molecule has 2 fully saturated rings. The number of aromatic nitrogens is 2. The van der Waals surface area contributed by atoms with Crippen LogP contribution in [0, 0.1) is 5.92 Å². The quantitative estimate of drug-likeness (QED) is 0.345. The maximum absolute atomic E-state index is 15.3. The first kappa shape index (κ1) is 26.9. The molecular formula is C30H41FN4O3. The summed E-state index contributed by atoms with van der Waals surface area (Å²) < 4.78 is 21.4. The molecule has 3 atom stereocenters. The van der Waals surface area contributed by atoms with E-state index in [1.165, 1.54) is 5.56 Å². The van der Waals surface area contributed by atoms with Crippen molar-refractivity contribution in [3.63, 3.8) is 0 Å². The molecule has 2 aliphatic heterocycles. The highest BCUT2D eigenvalue weighted by Gasteiger charge is 2.39. The Morgan fingerprint density at radius 3 is 2.89 bits per heavy atom. The minimum absolute atomic E-state index is 0.105. The third kappa shape index (κ3) is 6.28. The fraction of sp³-hybridized carbons (Fsp3) is 0.633. The molecule has 206 valence electrons. The molecule has 2 N–H and O–H groups in total. The third-order valence-electron chi connectivity index (χ3n) is 8.05. The maximum atomic E-state index is 15.3. The molecule has 4 heterocycles. The number of aryl methyl sites for hydroxylation is 1. The van der Waals surface area contributed by atoms with Crippen LogP contribution in [0.3, 0.4) is 0 Å². The van der Waals surface area contributed by atoms with Crippen LogP contribution in [0.25, 0.3) is 0 Å². The van der Waals surface area contributed by atoms with E-state index in [-0.39, 0.29) is 12.0 Å². The lowest BCUT2D eigenvalue weighted by atomic mass is 9.97. The van der Waals surface area contributed by atoms with Crippen molar-refractivity contribution in [1.82, 2.24) is 14.9 Å². The summed E-state index contributed by atoms with van der Waals surface area (Å²) >= 11 is 0. The van der Waals surface area contributed by atoms with Gasteiger partial charge in [0.1, 0.15) is 23.8 Å². The fourth-order valence-corrected chi connectivity index (χ4v) is 6.02. The van der Waals surface area contributed by atoms with Gasteiger partial charge in [-0.1, -0.05) is 12.5 Å². The molecule has 0 radical (unpaired) electrons. The molecule has 0 spiro atoms. The molecule has 1 saturated heterocycles. The van der Waals surface area contributed by atoms with Gasteiger partial charge in [0.2, 0.25) is 0 Å². The van der Waals surface area contributed by atoms with E-state index >= 15 is 4.39 Å². The zero-order valence-corrected chi connectivity index (χ0v) is 22.7. The average molecular weight is 525 g/mol. The number of alkyl halides is 1. The Labute approximate surface area is 225 Å². The third-order valence-corrected chi connectivity index (χ3v) is 8.05. The zero-order valence-electron chi connectivity index (χ0n) is 22.7. The second-order valence-corrected chi connectivity index (χ2v) is 11.4. The van der Waals surface area contributed by atoms with Gasteiger partial charge in [-0.15, -0.1) is 0 Å². The molecule has 0 aromatic carbocycles. The molecule has 1 aliphatic carbocycles. The van der Waals surface area contributed by atoms with Gasteiger partial charge in [0.05, 0.1) is 6.10 Å². The van der Waals surface area contributed by atoms with E-state index in [0.29, 0.717) is 31.8 Å². The van der Waals surface area contributed by atoms with Gasteiger partial charge in [0, 0.05) is 59.7 Å². The summed E-state index contributed by atoms with van der Waals surface area (Å²) in [5.74, 6) is 1.23. The summed E-state index contributed by atoms with van der Waals surface area (Å²) in [5.41, 5.74) is 3.85. The Balaban J connectivity index is 1.14. The molecule has 0 amide bonds. The number of pyridine rings is 2. The van der Waals surface area contributed by atoms with E-state index in [2.05, 4.69) is 16.4 Å². The summed E-state index contributed by atoms with van der Waals surface area (Å²) in [5, 5.41) is 13.5. The molecule has 3 aliphatic rings. The first-order chi connectivity index (χ1) is 18.4. The Morgan fingerprint density at radius 2 is 2.13 bits per heavy atom. The lowest BCUT2D eigenvalue weighted by Crippen LogP contribution is -2.34. The summed E-state index contributed by atoms with van der Waals surface area (Å²) in [6, 6.07) is 5.02. The van der Waals surface area contributed by atoms with E-state index in [1.54, 1.807) is 6.20 Å². The molecule has 5 rings (SSSR count). The van der Waals surface area contributed by atoms with Crippen LogP contribution in [-0.4, -0.2) is 57.9 Å². The van der Waals surface area contributed by atoms with Crippen LogP contribution in [0.15, 0.2) is 24.4 Å². The molecule has 3 unspecified atom stereocenters. The predicted molar refractivity (Wildman–Crippen MR) is 146 cm³/mol. The summed E-state index contributed by atoms with van der Waals surface area (Å²) in [6.07, 6.45) is 8.73. The summed E-state index contributed by atoms with van der Waals surface area (Å²) in [4.78, 5) is 23.6. The Morgan fingerprint density at radius 1 is 1.29 bits per heavy atom. The largest absolute Gasteiger partial charge is 0.491 e. The minimum Gasteiger partial charge on any atom is -0.491 e. The van der Waals surface area contributed by atoms with Crippen molar-refractivity contribution in [3.8, 4) is 5.75 Å². The number of nitrogens with one attached hydrogen (secondary N) is 1. The predicted octanol–water partition coefficient (Wildman–Crippen LogP) is 5.70. The van der Waals surface area contributed by atoms with Gasteiger partial charge in [-0.3, -0.25) is 14.7 Å². The number of carboxylic acids is 1. The molecule has 38 heavy (non-hydrogen) atoms. The fourth-order valence-electron chi connectivity index (χ4n) is 6.02. The van der Waals surface area contributed by atoms with Crippen LogP contribution in [0.1, 0.15) is 93.3 Å². The van der Waals surface area contributed by atoms with Crippen molar-refractivity contribution in [2.24, 2.45) is 5.92 Å². The van der Waals surface area contributed by atoms with Crippen molar-refractivity contribution < 1.29 is 19.0 Å². The van der Waals surface area contributed by atoms with Crippen LogP contribution >= 0.6 is 0 Å². The van der Waals surface area contributed by atoms with Crippen molar-refractivity contribution in [2.45, 2.75) is 95.9 Å². The number of ether oxygens (including phenoxy) is 1. The average Bonchev–Trinajstić information content (AvgIpc) is 3.63. The van der Waals surface area contributed by atoms with E-state index in [9.17, 15) is 9.90 Å². The standard InChI is InChI=1S/C30H41FN4O3/c1-19(2)38-26-17-22(34-29-23(26)8-5-15-33-29)7-3-4-10-25(31)21-13-16-35(18-21)28(30(36)37)24-9-6-14-32-27(24)20-11-12-20/h6,9,14,17,19-21,25,28H,3-5,7-8,10-13,15-16,18H2,1-2H3,(H,33,34)(H,36,37). The second kappa shape index (κ2) is 12.0. The van der Waals surface area contributed by atoms with Gasteiger partial charge in [-0.25, -0.2) is 9.37 Å². The SMILES string of the molecule is CC(C)Oc1cc(CCCCC(F)C2CCN(C(C(=O)O)c3cccnc3C3CC3)C2)nc2c1CCCN2. The monoisotopic (exact) mass is 524 g/mol. The highest BCUT2D eigenvalue weighted by molar-refractivity contribution is 5.76. The van der Waals surface area contributed by atoms with Gasteiger partial charge >= 0.3 is 5.97 Å². The highest BCUT2D eigenvalue weighted by atomic mass is 19.1. The van der Waals surface area contributed by atoms with E-state index in [0.717, 1.165) is 80.0 Å². The molecule has 8 heteroatoms. The number of nitrogens with zero attached hydrogens (tertiary/aromatic N) is 3. The van der Waals surface area contributed by atoms with Crippen LogP contribution in [0.4, 0.5) is 10.2 Å². The number of hydrogen-bond acceptors (Lipinski definition) is 6. The van der Waals surface area contributed by atoms with E-state index in [4.69, 9.17) is 9.72 Å². The lowest BCUT2D eigenvalue weighted by Gasteiger charge is -2.26. The van der Waals surface area contributed by atoms with Gasteiger partial charge in [-0.2, -0.15) is 0 Å². The number of unbranched alkanes of at least 4 members (excludes halogenated alkanes) is 1. The van der Waals surface area contributed by atoms with Gasteiger partial charge in [0.25, 0.3) is 0 Å². The first-order valence-corrected chi connectivity index (χ1v) is 14.4. The Bertz CT molecular complexity index is 1120. The zero-order chi connectivity index (χ0) is 26.6. The molecule has 7 nitrogen and oxygen atoms in total. The normalized spacial score (nSPS) is 21.1. The van der Waals surface area contributed by atoms with Gasteiger partial charge in [0.15, 0.2) is 0 Å². The van der Waals surface area contributed by atoms with Crippen LogP contribution < -0.4 is 10.1 Å². The smallest absolute Gasteiger partial charge is 0.325 e. The number of halogens is 1. The summed E-state index contributed by atoms with van der Waals surface area (Å²) in [6.45, 7) is 6.08. The Hall–Kier alpha value is -2.74. The molecule has 2 aromatic rings. The number of rotatable bonds is 12. The number of anilines is 1. The second-order valence-electron chi connectivity index (χ2n) is 11.4. The van der Waals surface area contributed by atoms with Gasteiger partial charge < -0.3 is 15.2 Å². The number of carbonyl (C=O) groups is 1. The number of likely N-dealkylation sites (tertiary alicyclic amines) is 1. The van der Waals surface area contributed by atoms with Crippen molar-refractivity contribution in [1.29, 1.82) is 0 Å². The number of aliphatic carboxylic acids is 1. The topological polar surface area (TPSA) is 87.6 Å². The van der Waals surface area contributed by atoms with Crippen LogP contribution in [-0.2, 0) is 17.6 Å². The number of fused-ring (bicyclic) bond motifs is 1. The molecular weight excluding hydrogens is 483 g/mol. The van der Waals surface area contributed by atoms with Crippen LogP contribution in [0.2, 0.25) is 0 Å². The summed E-state index contributed by atoms with van der Waals surface area (Å²) in [7, 11) is 0. The maximum Gasteiger partial charge on any atom is 0.325 e. The molecule has 2 aromatic heterocycles. The van der Waals surface area contributed by atoms with Crippen LogP contribution in [0.5, 0.6) is 5.75 Å². The molecule has 1 saturated carbocycles. The molecule has 0 bridgehead atoms. The number of carboxylic acid groups (broad SMARTS) is 1.